The van der Waals surface area contributed by atoms with E-state index in [9.17, 15) is 18.0 Å². The summed E-state index contributed by atoms with van der Waals surface area (Å²) in [5.41, 5.74) is 4.81. The molecule has 1 aromatic rings. The second kappa shape index (κ2) is 14.0. The van der Waals surface area contributed by atoms with Gasteiger partial charge in [0.05, 0.1) is 42.2 Å². The van der Waals surface area contributed by atoms with Gasteiger partial charge in [-0.05, 0) is 50.8 Å². The van der Waals surface area contributed by atoms with E-state index in [-0.39, 0.29) is 48.8 Å². The van der Waals surface area contributed by atoms with Crippen molar-refractivity contribution >= 4 is 36.1 Å². The number of hydrogen-bond donors (Lipinski definition) is 3. The standard InChI is InChI=1S/C28H42F3N7O3S/c1-6-20(40-16-14-38-13-9-24(42)37(38)5)18-35(3)26-21(25(33)39)7-8-23(34-26)36(4)19(2)17-22(32)41-15-12-27(10-11-27)28(29,30)31/h7-9,13,17,20,24,32,42H,6,10-12,14-16,18H2,1-5H3,(H2,33,39)/b19-17-,32-22?. The predicted octanol–water partition coefficient (Wildman–Crippen LogP) is 4.41. The van der Waals surface area contributed by atoms with Crippen molar-refractivity contribution in [1.29, 1.82) is 5.41 Å². The number of ether oxygens (including phenoxy) is 2. The fourth-order valence-electron chi connectivity index (χ4n) is 4.59. The smallest absolute Gasteiger partial charge is 0.394 e. The van der Waals surface area contributed by atoms with Crippen molar-refractivity contribution in [2.75, 3.05) is 57.2 Å². The Morgan fingerprint density at radius 1 is 1.33 bits per heavy atom. The molecule has 10 nitrogen and oxygen atoms in total. The van der Waals surface area contributed by atoms with Crippen LogP contribution in [-0.4, -0.2) is 91.9 Å². The number of halogens is 3. The SMILES string of the molecule is CCC(CN(C)c1nc(N(C)/C(C)=C\C(=N)OCCC2(C(F)(F)F)CC2)ccc1C(N)=O)OCCN1C=CC(S)N1C. The predicted molar refractivity (Wildman–Crippen MR) is 161 cm³/mol. The van der Waals surface area contributed by atoms with Gasteiger partial charge in [0.25, 0.3) is 5.91 Å². The molecule has 0 spiro atoms. The number of nitrogens with one attached hydrogen (secondary N) is 1. The molecule has 42 heavy (non-hydrogen) atoms. The molecule has 3 N–H and O–H groups in total. The average Bonchev–Trinajstić information content (AvgIpc) is 3.67. The van der Waals surface area contributed by atoms with Gasteiger partial charge in [-0.3, -0.25) is 10.2 Å². The highest BCUT2D eigenvalue weighted by atomic mass is 32.1. The van der Waals surface area contributed by atoms with E-state index < -0.39 is 17.5 Å². The number of carbonyl (C=O) groups excluding carboxylic acids is 1. The number of primary amides is 1. The van der Waals surface area contributed by atoms with Crippen molar-refractivity contribution in [2.24, 2.45) is 11.1 Å². The van der Waals surface area contributed by atoms with Gasteiger partial charge in [0.15, 0.2) is 0 Å². The van der Waals surface area contributed by atoms with Gasteiger partial charge in [-0.25, -0.2) is 9.99 Å². The summed E-state index contributed by atoms with van der Waals surface area (Å²) in [5, 5.41) is 12.1. The molecule has 0 saturated heterocycles. The maximum atomic E-state index is 13.1. The van der Waals surface area contributed by atoms with Crippen LogP contribution in [-0.2, 0) is 9.47 Å². The van der Waals surface area contributed by atoms with Crippen LogP contribution in [0.5, 0.6) is 0 Å². The number of thiol groups is 1. The summed E-state index contributed by atoms with van der Waals surface area (Å²) in [4.78, 5) is 20.4. The van der Waals surface area contributed by atoms with Gasteiger partial charge in [0.1, 0.15) is 11.6 Å². The Balaban J connectivity index is 1.62. The minimum absolute atomic E-state index is 0.0385. The Morgan fingerprint density at radius 3 is 2.57 bits per heavy atom. The minimum Gasteiger partial charge on any atom is -0.478 e. The zero-order valence-corrected chi connectivity index (χ0v) is 25.7. The maximum absolute atomic E-state index is 13.1. The number of rotatable bonds is 15. The van der Waals surface area contributed by atoms with Crippen LogP contribution in [0.15, 0.2) is 36.2 Å². The number of carbonyl (C=O) groups is 1. The van der Waals surface area contributed by atoms with Crippen LogP contribution in [0, 0.1) is 10.8 Å². The molecule has 1 aromatic heterocycles. The molecule has 1 aliphatic heterocycles. The second-order valence-electron chi connectivity index (χ2n) is 10.8. The number of allylic oxidation sites excluding steroid dienone is 1. The zero-order valence-electron chi connectivity index (χ0n) is 24.8. The Hall–Kier alpha value is -2.97. The Kier molecular flexibility index (Phi) is 11.2. The fourth-order valence-corrected chi connectivity index (χ4v) is 4.80. The molecule has 0 aromatic carbocycles. The first-order valence-electron chi connectivity index (χ1n) is 13.9. The third kappa shape index (κ3) is 8.32. The molecule has 3 rings (SSSR count). The first kappa shape index (κ1) is 33.5. The Morgan fingerprint density at radius 2 is 2.02 bits per heavy atom. The summed E-state index contributed by atoms with van der Waals surface area (Å²) in [6.45, 7) is 5.19. The van der Waals surface area contributed by atoms with Crippen molar-refractivity contribution in [3.8, 4) is 0 Å². The van der Waals surface area contributed by atoms with Crippen molar-refractivity contribution in [3.63, 3.8) is 0 Å². The third-order valence-corrected chi connectivity index (χ3v) is 8.32. The number of pyridine rings is 1. The molecule has 0 radical (unpaired) electrons. The number of aromatic nitrogens is 1. The summed E-state index contributed by atoms with van der Waals surface area (Å²) in [5.74, 6) is 0.00542. The third-order valence-electron chi connectivity index (χ3n) is 7.82. The van der Waals surface area contributed by atoms with Crippen LogP contribution in [0.4, 0.5) is 24.8 Å². The Labute approximate surface area is 251 Å². The molecule has 234 valence electrons. The second-order valence-corrected chi connectivity index (χ2v) is 11.3. The summed E-state index contributed by atoms with van der Waals surface area (Å²) in [7, 11) is 5.50. The molecular formula is C28H42F3N7O3S. The number of hydrazine groups is 1. The lowest BCUT2D eigenvalue weighted by atomic mass is 10.0. The van der Waals surface area contributed by atoms with E-state index in [2.05, 4.69) is 17.6 Å². The van der Waals surface area contributed by atoms with E-state index in [1.165, 1.54) is 6.08 Å². The summed E-state index contributed by atoms with van der Waals surface area (Å²) in [6, 6.07) is 3.24. The molecule has 14 heteroatoms. The van der Waals surface area contributed by atoms with E-state index in [1.54, 1.807) is 31.0 Å². The van der Waals surface area contributed by atoms with Gasteiger partial charge in [0, 0.05) is 45.7 Å². The first-order valence-corrected chi connectivity index (χ1v) is 14.4. The summed E-state index contributed by atoms with van der Waals surface area (Å²) >= 11 is 4.47. The minimum atomic E-state index is -4.25. The fraction of sp³-hybridized carbons (Fsp3) is 0.607. The van der Waals surface area contributed by atoms with Gasteiger partial charge in [-0.1, -0.05) is 6.92 Å². The van der Waals surface area contributed by atoms with Crippen molar-refractivity contribution in [1.82, 2.24) is 15.0 Å². The molecule has 0 bridgehead atoms. The number of likely N-dealkylation sites (N-methyl/N-ethyl adjacent to an activating group) is 2. The van der Waals surface area contributed by atoms with Crippen LogP contribution < -0.4 is 15.5 Å². The number of amides is 1. The summed E-state index contributed by atoms with van der Waals surface area (Å²) < 4.78 is 50.8. The molecule has 1 amide bonds. The quantitative estimate of drug-likeness (QED) is 0.152. The maximum Gasteiger partial charge on any atom is 0.394 e. The van der Waals surface area contributed by atoms with Crippen LogP contribution in [0.25, 0.3) is 0 Å². The molecule has 2 heterocycles. The van der Waals surface area contributed by atoms with E-state index in [0.717, 1.165) is 6.42 Å². The number of alkyl halides is 3. The van der Waals surface area contributed by atoms with E-state index in [0.29, 0.717) is 37.0 Å². The molecule has 2 atom stereocenters. The van der Waals surface area contributed by atoms with Crippen molar-refractivity contribution < 1.29 is 27.4 Å². The van der Waals surface area contributed by atoms with Gasteiger partial charge in [-0.2, -0.15) is 25.8 Å². The van der Waals surface area contributed by atoms with Crippen molar-refractivity contribution in [2.45, 2.75) is 57.2 Å². The van der Waals surface area contributed by atoms with Gasteiger partial charge >= 0.3 is 6.18 Å². The van der Waals surface area contributed by atoms with E-state index in [4.69, 9.17) is 20.6 Å². The topological polar surface area (TPSA) is 111 Å². The number of anilines is 2. The van der Waals surface area contributed by atoms with E-state index in [1.807, 2.05) is 48.2 Å². The normalized spacial score (nSPS) is 19.1. The molecule has 2 aliphatic rings. The molecular weight excluding hydrogens is 571 g/mol. The average molecular weight is 614 g/mol. The van der Waals surface area contributed by atoms with Gasteiger partial charge in [0.2, 0.25) is 5.90 Å². The lowest BCUT2D eigenvalue weighted by Gasteiger charge is -2.30. The van der Waals surface area contributed by atoms with Crippen LogP contribution in [0.1, 0.15) is 49.9 Å². The summed E-state index contributed by atoms with van der Waals surface area (Å²) in [6.07, 6.45) is 1.78. The molecule has 1 aliphatic carbocycles. The molecule has 1 saturated carbocycles. The zero-order chi connectivity index (χ0) is 31.2. The number of hydrogen-bond acceptors (Lipinski definition) is 10. The van der Waals surface area contributed by atoms with Gasteiger partial charge < -0.3 is 30.0 Å². The number of nitrogens with two attached hydrogens (primary N) is 1. The van der Waals surface area contributed by atoms with Crippen molar-refractivity contribution in [3.05, 3.63) is 41.7 Å². The monoisotopic (exact) mass is 613 g/mol. The Bertz CT molecular complexity index is 1180. The first-order chi connectivity index (χ1) is 19.7. The lowest BCUT2D eigenvalue weighted by molar-refractivity contribution is -0.190. The highest BCUT2D eigenvalue weighted by Gasteiger charge is 2.62. The van der Waals surface area contributed by atoms with Crippen LogP contribution in [0.3, 0.4) is 0 Å². The van der Waals surface area contributed by atoms with E-state index >= 15 is 0 Å². The van der Waals surface area contributed by atoms with Crippen LogP contribution in [0.2, 0.25) is 0 Å². The number of nitrogens with zero attached hydrogens (tertiary/aromatic N) is 5. The molecule has 2 unspecified atom stereocenters. The van der Waals surface area contributed by atoms with Gasteiger partial charge in [-0.15, -0.1) is 0 Å². The largest absolute Gasteiger partial charge is 0.478 e. The highest BCUT2D eigenvalue weighted by molar-refractivity contribution is 7.81. The molecule has 1 fully saturated rings. The lowest BCUT2D eigenvalue weighted by Crippen LogP contribution is -2.39. The van der Waals surface area contributed by atoms with Crippen LogP contribution >= 0.6 is 12.6 Å². The highest BCUT2D eigenvalue weighted by Crippen LogP contribution is 2.59.